The van der Waals surface area contributed by atoms with Crippen LogP contribution in [0.15, 0.2) is 94.9 Å². The Kier molecular flexibility index (Phi) is 20.1. The van der Waals surface area contributed by atoms with Gasteiger partial charge in [-0.1, -0.05) is 155 Å². The summed E-state index contributed by atoms with van der Waals surface area (Å²) in [5.41, 5.74) is 7.05. The average molecular weight is 792 g/mol. The maximum Gasteiger partial charge on any atom is 4.00 e. The first-order chi connectivity index (χ1) is 23.4. The zero-order valence-electron chi connectivity index (χ0n) is 34.0. The van der Waals surface area contributed by atoms with E-state index in [9.17, 15) is 10.2 Å². The van der Waals surface area contributed by atoms with E-state index in [0.29, 0.717) is 11.1 Å². The van der Waals surface area contributed by atoms with E-state index >= 15 is 0 Å². The molecule has 4 rings (SSSR count). The summed E-state index contributed by atoms with van der Waals surface area (Å²) in [6.07, 6.45) is 7.34. The Labute approximate surface area is 348 Å². The van der Waals surface area contributed by atoms with Crippen LogP contribution >= 0.6 is 0 Å². The van der Waals surface area contributed by atoms with Crippen LogP contribution in [0, 0.1) is 0 Å². The molecule has 0 radical (unpaired) electrons. The number of aliphatic imine (C=N–C) groups is 2. The molecule has 0 aliphatic carbocycles. The predicted octanol–water partition coefficient (Wildman–Crippen LogP) is 5.78. The van der Waals surface area contributed by atoms with Crippen LogP contribution in [0.4, 0.5) is 11.4 Å². The fraction of sp³-hybridized carbons (Fsp3) is 0.435. The minimum Gasteiger partial charge on any atom is -1.00 e. The molecule has 284 valence electrons. The Balaban J connectivity index is 0.000000966. The Morgan fingerprint density at radius 2 is 0.755 bits per heavy atom. The summed E-state index contributed by atoms with van der Waals surface area (Å²) < 4.78 is 0. The summed E-state index contributed by atoms with van der Waals surface area (Å²) in [4.78, 5) is 9.02. The first-order valence-electron chi connectivity index (χ1n) is 18.3. The van der Waals surface area contributed by atoms with Gasteiger partial charge in [0.15, 0.2) is 0 Å². The van der Waals surface area contributed by atoms with Crippen LogP contribution in [0.25, 0.3) is 0 Å². The van der Waals surface area contributed by atoms with E-state index in [1.807, 2.05) is 72.8 Å². The van der Waals surface area contributed by atoms with E-state index in [4.69, 9.17) is 0 Å². The molecule has 4 aromatic carbocycles. The number of para-hydroxylation sites is 2. The summed E-state index contributed by atoms with van der Waals surface area (Å²) >= 11 is 0. The normalized spacial score (nSPS) is 12.0. The van der Waals surface area contributed by atoms with Gasteiger partial charge < -0.3 is 35.0 Å². The molecule has 0 N–H and O–H groups in total. The van der Waals surface area contributed by atoms with Gasteiger partial charge in [-0.3, -0.25) is 9.98 Å². The third kappa shape index (κ3) is 13.1. The monoisotopic (exact) mass is 790 g/mol. The van der Waals surface area contributed by atoms with Crippen LogP contribution in [0.3, 0.4) is 0 Å². The molecule has 0 fully saturated rings. The summed E-state index contributed by atoms with van der Waals surface area (Å²) in [5.74, 6) is 0.198. The molecule has 0 heterocycles. The van der Waals surface area contributed by atoms with Crippen LogP contribution in [0.1, 0.15) is 142 Å². The SMILES string of the molecule is CCC(C)(C)c1cc(/C=N/c2ccccc2)c([O-])c(C(C)(C)CC)c1.CCC(C)(C)c1cc(/C=N/c2ccccc2)c([O-])c(C(C)(C)CC)c1.[Cl-].[Cl-].[Ti+4]. The van der Waals surface area contributed by atoms with Crippen molar-refractivity contribution in [1.82, 2.24) is 0 Å². The quantitative estimate of drug-likeness (QED) is 0.135. The zero-order valence-corrected chi connectivity index (χ0v) is 37.1. The number of hydrogen-bond acceptors (Lipinski definition) is 4. The van der Waals surface area contributed by atoms with Gasteiger partial charge in [-0.15, -0.1) is 0 Å². The molecular formula is C46H60Cl2N2O2Ti. The van der Waals surface area contributed by atoms with Crippen molar-refractivity contribution >= 4 is 23.8 Å². The molecule has 0 saturated heterocycles. The second-order valence-electron chi connectivity index (χ2n) is 16.0. The average Bonchev–Trinajstić information content (AvgIpc) is 3.11. The van der Waals surface area contributed by atoms with Gasteiger partial charge in [0.1, 0.15) is 0 Å². The molecule has 0 bridgehead atoms. The van der Waals surface area contributed by atoms with Gasteiger partial charge in [0, 0.05) is 12.4 Å². The van der Waals surface area contributed by atoms with Crippen LogP contribution in [-0.2, 0) is 43.4 Å². The Morgan fingerprint density at radius 3 is 1.02 bits per heavy atom. The van der Waals surface area contributed by atoms with Crippen molar-refractivity contribution in [2.45, 2.75) is 130 Å². The Hall–Kier alpha value is -2.89. The number of halogens is 2. The van der Waals surface area contributed by atoms with Crippen LogP contribution in [0.2, 0.25) is 0 Å². The minimum atomic E-state index is -0.147. The molecule has 7 heteroatoms. The van der Waals surface area contributed by atoms with Crippen LogP contribution < -0.4 is 35.0 Å². The van der Waals surface area contributed by atoms with Gasteiger partial charge in [0.25, 0.3) is 0 Å². The van der Waals surface area contributed by atoms with Gasteiger partial charge in [-0.2, -0.15) is 0 Å². The molecule has 0 aliphatic heterocycles. The van der Waals surface area contributed by atoms with Crippen molar-refractivity contribution in [3.05, 3.63) is 118 Å². The summed E-state index contributed by atoms with van der Waals surface area (Å²) in [7, 11) is 0. The van der Waals surface area contributed by atoms with Gasteiger partial charge in [0.05, 0.1) is 11.4 Å². The van der Waals surface area contributed by atoms with E-state index in [1.165, 1.54) is 11.1 Å². The molecule has 4 nitrogen and oxygen atoms in total. The van der Waals surface area contributed by atoms with E-state index in [0.717, 1.165) is 48.2 Å². The second-order valence-corrected chi connectivity index (χ2v) is 16.0. The van der Waals surface area contributed by atoms with Crippen molar-refractivity contribution in [3.63, 3.8) is 0 Å². The molecule has 0 atom stereocenters. The molecule has 0 unspecified atom stereocenters. The third-order valence-electron chi connectivity index (χ3n) is 11.0. The Morgan fingerprint density at radius 1 is 0.472 bits per heavy atom. The number of benzene rings is 4. The fourth-order valence-electron chi connectivity index (χ4n) is 5.39. The standard InChI is InChI=1S/2C23H31NO.2ClH.Ti/c2*1-7-22(3,4)18-14-17(16-24-19-12-10-9-11-13-19)21(25)20(15-18)23(5,6)8-2;;;/h2*9-16,25H,7-8H2,1-6H3;2*1H;/q;;;;+4/p-4/b2*24-16+;;;. The van der Waals surface area contributed by atoms with Gasteiger partial charge in [-0.25, -0.2) is 0 Å². The molecule has 0 spiro atoms. The van der Waals surface area contributed by atoms with Gasteiger partial charge in [-0.05, 0) is 105 Å². The van der Waals surface area contributed by atoms with Crippen molar-refractivity contribution in [1.29, 1.82) is 0 Å². The van der Waals surface area contributed by atoms with Crippen molar-refractivity contribution in [2.24, 2.45) is 9.98 Å². The topological polar surface area (TPSA) is 70.8 Å². The van der Waals surface area contributed by atoms with Crippen molar-refractivity contribution in [2.75, 3.05) is 0 Å². The van der Waals surface area contributed by atoms with Gasteiger partial charge in [0.2, 0.25) is 0 Å². The van der Waals surface area contributed by atoms with Crippen molar-refractivity contribution in [3.8, 4) is 11.5 Å². The molecule has 0 aromatic heterocycles. The zero-order chi connectivity index (χ0) is 37.3. The summed E-state index contributed by atoms with van der Waals surface area (Å²) in [6.45, 7) is 26.1. The molecule has 0 aliphatic rings. The predicted molar refractivity (Wildman–Crippen MR) is 212 cm³/mol. The van der Waals surface area contributed by atoms with E-state index in [-0.39, 0.29) is 79.7 Å². The molecule has 4 aromatic rings. The first-order valence-corrected chi connectivity index (χ1v) is 18.3. The fourth-order valence-corrected chi connectivity index (χ4v) is 5.39. The van der Waals surface area contributed by atoms with E-state index in [1.54, 1.807) is 12.4 Å². The molecule has 0 amide bonds. The minimum absolute atomic E-state index is 0. The van der Waals surface area contributed by atoms with Crippen LogP contribution in [0.5, 0.6) is 11.5 Å². The molecular weight excluding hydrogens is 731 g/mol. The molecule has 0 saturated carbocycles. The Bertz CT molecular complexity index is 1630. The maximum atomic E-state index is 13.1. The van der Waals surface area contributed by atoms with Gasteiger partial charge >= 0.3 is 21.7 Å². The third-order valence-corrected chi connectivity index (χ3v) is 11.0. The van der Waals surface area contributed by atoms with E-state index < -0.39 is 0 Å². The van der Waals surface area contributed by atoms with Crippen molar-refractivity contribution < 1.29 is 56.7 Å². The largest absolute Gasteiger partial charge is 4.00 e. The number of rotatable bonds is 12. The maximum absolute atomic E-state index is 13.1. The second kappa shape index (κ2) is 21.3. The van der Waals surface area contributed by atoms with E-state index in [2.05, 4.69) is 105 Å². The van der Waals surface area contributed by atoms with Crippen LogP contribution in [-0.4, -0.2) is 12.4 Å². The number of nitrogens with zero attached hydrogens (tertiary/aromatic N) is 2. The summed E-state index contributed by atoms with van der Waals surface area (Å²) in [6, 6.07) is 27.8. The molecule has 53 heavy (non-hydrogen) atoms. The smallest absolute Gasteiger partial charge is 1.00 e. The first kappa shape index (κ1) is 50.1. The number of hydrogen-bond donors (Lipinski definition) is 0. The summed E-state index contributed by atoms with van der Waals surface area (Å²) in [5, 5.41) is 26.1.